The summed E-state index contributed by atoms with van der Waals surface area (Å²) in [6.07, 6.45) is 1.22. The summed E-state index contributed by atoms with van der Waals surface area (Å²) in [5.41, 5.74) is 0.862. The van der Waals surface area contributed by atoms with Gasteiger partial charge in [-0.2, -0.15) is 0 Å². The Kier molecular flexibility index (Phi) is 6.31. The highest BCUT2D eigenvalue weighted by Gasteiger charge is 2.10. The van der Waals surface area contributed by atoms with Gasteiger partial charge >= 0.3 is 0 Å². The van der Waals surface area contributed by atoms with Crippen molar-refractivity contribution in [3.63, 3.8) is 0 Å². The van der Waals surface area contributed by atoms with Gasteiger partial charge in [0, 0.05) is 11.4 Å². The minimum Gasteiger partial charge on any atom is -0.352 e. The van der Waals surface area contributed by atoms with Gasteiger partial charge in [0.2, 0.25) is 5.91 Å². The number of hydrogen-bond acceptors (Lipinski definition) is 1. The predicted molar refractivity (Wildman–Crippen MR) is 76.2 cm³/mol. The monoisotopic (exact) mass is 337 g/mol. The van der Waals surface area contributed by atoms with Crippen LogP contribution in [0.25, 0.3) is 0 Å². The van der Waals surface area contributed by atoms with Crippen molar-refractivity contribution in [1.82, 2.24) is 5.32 Å². The lowest BCUT2D eigenvalue weighted by atomic mass is 10.1. The molecule has 1 unspecified atom stereocenters. The van der Waals surface area contributed by atoms with E-state index in [0.717, 1.165) is 17.3 Å². The van der Waals surface area contributed by atoms with E-state index in [4.69, 9.17) is 23.2 Å². The fraction of sp³-hybridized carbons (Fsp3) is 0.417. The zero-order valence-electron chi connectivity index (χ0n) is 9.47. The van der Waals surface area contributed by atoms with Crippen molar-refractivity contribution in [2.45, 2.75) is 25.8 Å². The van der Waals surface area contributed by atoms with Crippen LogP contribution in [0.1, 0.15) is 18.9 Å². The summed E-state index contributed by atoms with van der Waals surface area (Å²) in [5, 5.41) is 4.68. The van der Waals surface area contributed by atoms with Gasteiger partial charge in [-0.3, -0.25) is 4.79 Å². The molecule has 94 valence electrons. The molecule has 0 spiro atoms. The first-order chi connectivity index (χ1) is 8.06. The molecule has 0 bridgehead atoms. The Labute approximate surface area is 120 Å². The molecule has 0 aliphatic heterocycles. The van der Waals surface area contributed by atoms with Gasteiger partial charge in [0.1, 0.15) is 0 Å². The van der Waals surface area contributed by atoms with Gasteiger partial charge < -0.3 is 5.32 Å². The Morgan fingerprint density at radius 2 is 2.12 bits per heavy atom. The average molecular weight is 339 g/mol. The van der Waals surface area contributed by atoms with Crippen LogP contribution in [-0.2, 0) is 11.2 Å². The Morgan fingerprint density at radius 3 is 2.65 bits per heavy atom. The summed E-state index contributed by atoms with van der Waals surface area (Å²) >= 11 is 15.1. The number of alkyl halides is 1. The maximum atomic E-state index is 11.7. The standard InChI is InChI=1S/C12H14BrCl2NO/c1-2-9(7-13)16-12(17)6-8-3-4-10(14)11(15)5-8/h3-5,9H,2,6-7H2,1H3,(H,16,17). The van der Waals surface area contributed by atoms with E-state index in [1.807, 2.05) is 13.0 Å². The molecule has 1 rings (SSSR count). The number of benzene rings is 1. The summed E-state index contributed by atoms with van der Waals surface area (Å²) in [4.78, 5) is 11.7. The molecule has 5 heteroatoms. The summed E-state index contributed by atoms with van der Waals surface area (Å²) in [6.45, 7) is 2.03. The molecule has 2 nitrogen and oxygen atoms in total. The van der Waals surface area contributed by atoms with Crippen molar-refractivity contribution in [3.05, 3.63) is 33.8 Å². The molecule has 1 aromatic rings. The van der Waals surface area contributed by atoms with Crippen molar-refractivity contribution in [3.8, 4) is 0 Å². The van der Waals surface area contributed by atoms with Gasteiger partial charge in [-0.25, -0.2) is 0 Å². The summed E-state index contributed by atoms with van der Waals surface area (Å²) in [6, 6.07) is 5.40. The second-order valence-corrected chi connectivity index (χ2v) is 5.21. The van der Waals surface area contributed by atoms with Gasteiger partial charge in [-0.05, 0) is 24.1 Å². The Bertz CT molecular complexity index is 394. The van der Waals surface area contributed by atoms with Crippen LogP contribution < -0.4 is 5.32 Å². The lowest BCUT2D eigenvalue weighted by Crippen LogP contribution is -2.36. The van der Waals surface area contributed by atoms with Crippen molar-refractivity contribution < 1.29 is 4.79 Å². The van der Waals surface area contributed by atoms with Gasteiger partial charge in [0.05, 0.1) is 16.5 Å². The molecule has 17 heavy (non-hydrogen) atoms. The fourth-order valence-electron chi connectivity index (χ4n) is 1.36. The number of halogens is 3. The van der Waals surface area contributed by atoms with Gasteiger partial charge in [-0.1, -0.05) is 52.1 Å². The van der Waals surface area contributed by atoms with E-state index in [0.29, 0.717) is 16.5 Å². The third kappa shape index (κ3) is 4.86. The topological polar surface area (TPSA) is 29.1 Å². The average Bonchev–Trinajstić information content (AvgIpc) is 2.31. The number of nitrogens with one attached hydrogen (secondary N) is 1. The summed E-state index contributed by atoms with van der Waals surface area (Å²) < 4.78 is 0. The van der Waals surface area contributed by atoms with Crippen molar-refractivity contribution in [2.75, 3.05) is 5.33 Å². The third-order valence-electron chi connectivity index (χ3n) is 2.39. The molecule has 1 atom stereocenters. The molecule has 0 saturated heterocycles. The second-order valence-electron chi connectivity index (χ2n) is 3.75. The first kappa shape index (κ1) is 14.8. The van der Waals surface area contributed by atoms with E-state index in [1.165, 1.54) is 0 Å². The molecule has 1 aromatic carbocycles. The van der Waals surface area contributed by atoms with Crippen molar-refractivity contribution in [1.29, 1.82) is 0 Å². The quantitative estimate of drug-likeness (QED) is 0.812. The summed E-state index contributed by atoms with van der Waals surface area (Å²) in [7, 11) is 0. The van der Waals surface area contributed by atoms with Gasteiger partial charge in [0.15, 0.2) is 0 Å². The lowest BCUT2D eigenvalue weighted by Gasteiger charge is -2.13. The Morgan fingerprint density at radius 1 is 1.41 bits per heavy atom. The normalized spacial score (nSPS) is 12.2. The zero-order chi connectivity index (χ0) is 12.8. The Hall–Kier alpha value is -0.250. The van der Waals surface area contributed by atoms with Crippen LogP contribution in [0.15, 0.2) is 18.2 Å². The molecule has 0 aliphatic carbocycles. The number of rotatable bonds is 5. The molecule has 0 saturated carbocycles. The number of carbonyl (C=O) groups is 1. The minimum absolute atomic E-state index is 0.00492. The molecular weight excluding hydrogens is 325 g/mol. The maximum absolute atomic E-state index is 11.7. The van der Waals surface area contributed by atoms with Crippen LogP contribution in [0.3, 0.4) is 0 Å². The van der Waals surface area contributed by atoms with E-state index < -0.39 is 0 Å². The smallest absolute Gasteiger partial charge is 0.224 e. The highest BCUT2D eigenvalue weighted by molar-refractivity contribution is 9.09. The van der Waals surface area contributed by atoms with Crippen LogP contribution in [-0.4, -0.2) is 17.3 Å². The second kappa shape index (κ2) is 7.24. The van der Waals surface area contributed by atoms with Crippen LogP contribution in [0.4, 0.5) is 0 Å². The van der Waals surface area contributed by atoms with Crippen molar-refractivity contribution >= 4 is 45.0 Å². The molecule has 0 aliphatic rings. The molecule has 0 fully saturated rings. The van der Waals surface area contributed by atoms with Crippen LogP contribution >= 0.6 is 39.1 Å². The van der Waals surface area contributed by atoms with Crippen molar-refractivity contribution in [2.24, 2.45) is 0 Å². The predicted octanol–water partition coefficient (Wildman–Crippen LogP) is 3.83. The molecule has 0 radical (unpaired) electrons. The number of amides is 1. The SMILES string of the molecule is CCC(CBr)NC(=O)Cc1ccc(Cl)c(Cl)c1. The molecule has 1 N–H and O–H groups in total. The minimum atomic E-state index is -0.00492. The van der Waals surface area contributed by atoms with E-state index in [9.17, 15) is 4.79 Å². The van der Waals surface area contributed by atoms with E-state index >= 15 is 0 Å². The number of hydrogen-bond donors (Lipinski definition) is 1. The van der Waals surface area contributed by atoms with Gasteiger partial charge in [0.25, 0.3) is 0 Å². The Balaban J connectivity index is 2.58. The zero-order valence-corrected chi connectivity index (χ0v) is 12.6. The molecular formula is C12H14BrCl2NO. The molecule has 0 aromatic heterocycles. The molecule has 1 amide bonds. The van der Waals surface area contributed by atoms with Crippen LogP contribution in [0, 0.1) is 0 Å². The number of carbonyl (C=O) groups excluding carboxylic acids is 1. The van der Waals surface area contributed by atoms with Gasteiger partial charge in [-0.15, -0.1) is 0 Å². The molecule has 0 heterocycles. The van der Waals surface area contributed by atoms with E-state index in [2.05, 4.69) is 21.2 Å². The summed E-state index contributed by atoms with van der Waals surface area (Å²) in [5.74, 6) is -0.00492. The first-order valence-corrected chi connectivity index (χ1v) is 7.23. The van der Waals surface area contributed by atoms with Crippen LogP contribution in [0.2, 0.25) is 10.0 Å². The maximum Gasteiger partial charge on any atom is 0.224 e. The van der Waals surface area contributed by atoms with Crippen LogP contribution in [0.5, 0.6) is 0 Å². The van der Waals surface area contributed by atoms with E-state index in [1.54, 1.807) is 12.1 Å². The third-order valence-corrected chi connectivity index (χ3v) is 3.91. The lowest BCUT2D eigenvalue weighted by molar-refractivity contribution is -0.121. The largest absolute Gasteiger partial charge is 0.352 e. The highest BCUT2D eigenvalue weighted by Crippen LogP contribution is 2.22. The highest BCUT2D eigenvalue weighted by atomic mass is 79.9. The first-order valence-electron chi connectivity index (χ1n) is 5.36. The fourth-order valence-corrected chi connectivity index (χ4v) is 2.30. The van der Waals surface area contributed by atoms with E-state index in [-0.39, 0.29) is 11.9 Å².